The van der Waals surface area contributed by atoms with E-state index in [9.17, 15) is 4.79 Å². The molecule has 0 bridgehead atoms. The number of hydrogen-bond donors (Lipinski definition) is 0. The van der Waals surface area contributed by atoms with E-state index in [0.29, 0.717) is 6.42 Å². The van der Waals surface area contributed by atoms with Crippen molar-refractivity contribution in [1.82, 2.24) is 0 Å². The fourth-order valence-electron chi connectivity index (χ4n) is 1.16. The van der Waals surface area contributed by atoms with Crippen molar-refractivity contribution >= 4 is 34.0 Å². The van der Waals surface area contributed by atoms with Crippen LogP contribution in [0.1, 0.15) is 12.0 Å². The summed E-state index contributed by atoms with van der Waals surface area (Å²) in [6.45, 7) is 0. The van der Waals surface area contributed by atoms with Crippen LogP contribution in [0.3, 0.4) is 0 Å². The molecule has 0 saturated heterocycles. The molecule has 1 nitrogen and oxygen atoms in total. The van der Waals surface area contributed by atoms with Crippen LogP contribution in [0, 0.1) is 0 Å². The molecule has 3 heteroatoms. The molecule has 0 unspecified atom stereocenters. The van der Waals surface area contributed by atoms with E-state index >= 15 is 0 Å². The Bertz CT molecular complexity index is 299. The Labute approximate surface area is 91.0 Å². The third kappa shape index (κ3) is 3.16. The summed E-state index contributed by atoms with van der Waals surface area (Å²) < 4.78 is 1.08. The van der Waals surface area contributed by atoms with Crippen LogP contribution in [0.15, 0.2) is 27.6 Å². The highest BCUT2D eigenvalue weighted by Gasteiger charge is 2.01. The zero-order valence-electron chi connectivity index (χ0n) is 7.42. The molecule has 0 heterocycles. The molecule has 1 rings (SSSR count). The molecule has 0 radical (unpaired) electrons. The summed E-state index contributed by atoms with van der Waals surface area (Å²) in [6.07, 6.45) is 4.45. The summed E-state index contributed by atoms with van der Waals surface area (Å²) in [5, 5.41) is 0. The van der Waals surface area contributed by atoms with Crippen LogP contribution >= 0.6 is 27.7 Å². The number of aldehydes is 1. The molecule has 0 aliphatic rings. The predicted octanol–water partition coefficient (Wildman–Crippen LogP) is 3.30. The molecular weight excluding hydrogens is 248 g/mol. The first-order chi connectivity index (χ1) is 6.27. The van der Waals surface area contributed by atoms with Crippen molar-refractivity contribution < 1.29 is 4.79 Å². The van der Waals surface area contributed by atoms with E-state index in [0.717, 1.165) is 17.2 Å². The maximum atomic E-state index is 10.2. The molecule has 0 N–H and O–H groups in total. The van der Waals surface area contributed by atoms with Crippen molar-refractivity contribution in [2.75, 3.05) is 6.26 Å². The van der Waals surface area contributed by atoms with Gasteiger partial charge in [0.25, 0.3) is 0 Å². The SMILES string of the molecule is CSc1ccc(Br)cc1CCC=O. The number of benzene rings is 1. The highest BCUT2D eigenvalue weighted by atomic mass is 79.9. The van der Waals surface area contributed by atoms with Crippen LogP contribution in [0.5, 0.6) is 0 Å². The third-order valence-electron chi connectivity index (χ3n) is 1.77. The van der Waals surface area contributed by atoms with Crippen molar-refractivity contribution in [1.29, 1.82) is 0 Å². The fourth-order valence-corrected chi connectivity index (χ4v) is 2.19. The second-order valence-electron chi connectivity index (χ2n) is 2.66. The average molecular weight is 259 g/mol. The van der Waals surface area contributed by atoms with Crippen molar-refractivity contribution in [3.8, 4) is 0 Å². The Balaban J connectivity index is 2.87. The summed E-state index contributed by atoms with van der Waals surface area (Å²) in [4.78, 5) is 11.5. The van der Waals surface area contributed by atoms with Crippen molar-refractivity contribution in [3.63, 3.8) is 0 Å². The molecule has 13 heavy (non-hydrogen) atoms. The van der Waals surface area contributed by atoms with E-state index in [4.69, 9.17) is 0 Å². The summed E-state index contributed by atoms with van der Waals surface area (Å²) in [5.74, 6) is 0. The average Bonchev–Trinajstić information content (AvgIpc) is 2.15. The van der Waals surface area contributed by atoms with Gasteiger partial charge >= 0.3 is 0 Å². The molecule has 1 aromatic rings. The molecule has 0 amide bonds. The molecule has 1 aromatic carbocycles. The van der Waals surface area contributed by atoms with E-state index in [1.54, 1.807) is 11.8 Å². The van der Waals surface area contributed by atoms with Gasteiger partial charge in [0.05, 0.1) is 0 Å². The Morgan fingerprint density at radius 2 is 2.31 bits per heavy atom. The van der Waals surface area contributed by atoms with Gasteiger partial charge in [-0.1, -0.05) is 15.9 Å². The minimum absolute atomic E-state index is 0.601. The normalized spacial score (nSPS) is 10.0. The van der Waals surface area contributed by atoms with Crippen LogP contribution in [-0.4, -0.2) is 12.5 Å². The smallest absolute Gasteiger partial charge is 0.120 e. The zero-order chi connectivity index (χ0) is 9.68. The van der Waals surface area contributed by atoms with Crippen molar-refractivity contribution in [2.24, 2.45) is 0 Å². The fraction of sp³-hybridized carbons (Fsp3) is 0.300. The first-order valence-corrected chi connectivity index (χ1v) is 6.05. The summed E-state index contributed by atoms with van der Waals surface area (Å²) in [6, 6.07) is 6.18. The number of carbonyl (C=O) groups is 1. The van der Waals surface area contributed by atoms with Crippen LogP contribution in [0.4, 0.5) is 0 Å². The van der Waals surface area contributed by atoms with E-state index < -0.39 is 0 Å². The summed E-state index contributed by atoms with van der Waals surface area (Å²) in [5.41, 5.74) is 1.24. The lowest BCUT2D eigenvalue weighted by atomic mass is 10.1. The lowest BCUT2D eigenvalue weighted by Crippen LogP contribution is -1.89. The Morgan fingerprint density at radius 1 is 1.54 bits per heavy atom. The third-order valence-corrected chi connectivity index (χ3v) is 3.11. The lowest BCUT2D eigenvalue weighted by molar-refractivity contribution is -0.107. The number of carbonyl (C=O) groups excluding carboxylic acids is 1. The van der Waals surface area contributed by atoms with Gasteiger partial charge < -0.3 is 4.79 Å². The zero-order valence-corrected chi connectivity index (χ0v) is 9.82. The quantitative estimate of drug-likeness (QED) is 0.609. The molecule has 70 valence electrons. The summed E-state index contributed by atoms with van der Waals surface area (Å²) in [7, 11) is 0. The van der Waals surface area contributed by atoms with E-state index in [1.807, 2.05) is 12.3 Å². The molecule has 0 aliphatic carbocycles. The largest absolute Gasteiger partial charge is 0.303 e. The number of thioether (sulfide) groups is 1. The maximum Gasteiger partial charge on any atom is 0.120 e. The predicted molar refractivity (Wildman–Crippen MR) is 60.3 cm³/mol. The second-order valence-corrected chi connectivity index (χ2v) is 4.43. The standard InChI is InChI=1S/C10H11BrOS/c1-13-10-5-4-9(11)7-8(10)3-2-6-12/h4-7H,2-3H2,1H3. The highest BCUT2D eigenvalue weighted by molar-refractivity contribution is 9.10. The van der Waals surface area contributed by atoms with Gasteiger partial charge in [-0.25, -0.2) is 0 Å². The minimum Gasteiger partial charge on any atom is -0.303 e. The van der Waals surface area contributed by atoms with Gasteiger partial charge in [-0.15, -0.1) is 11.8 Å². The van der Waals surface area contributed by atoms with Crippen LogP contribution in [0.25, 0.3) is 0 Å². The number of rotatable bonds is 4. The van der Waals surface area contributed by atoms with Crippen LogP contribution in [-0.2, 0) is 11.2 Å². The van der Waals surface area contributed by atoms with Gasteiger partial charge in [-0.3, -0.25) is 0 Å². The van der Waals surface area contributed by atoms with Crippen LogP contribution in [0.2, 0.25) is 0 Å². The van der Waals surface area contributed by atoms with Gasteiger partial charge in [0.2, 0.25) is 0 Å². The number of halogens is 1. The molecule has 0 aromatic heterocycles. The van der Waals surface area contributed by atoms with E-state index in [2.05, 4.69) is 28.1 Å². The molecule has 0 saturated carbocycles. The Kier molecular flexibility index (Phi) is 4.53. The Hall–Kier alpha value is -0.280. The minimum atomic E-state index is 0.601. The topological polar surface area (TPSA) is 17.1 Å². The first-order valence-electron chi connectivity index (χ1n) is 4.04. The first kappa shape index (κ1) is 10.8. The summed E-state index contributed by atoms with van der Waals surface area (Å²) >= 11 is 5.14. The van der Waals surface area contributed by atoms with Crippen LogP contribution < -0.4 is 0 Å². The Morgan fingerprint density at radius 3 is 2.92 bits per heavy atom. The van der Waals surface area contributed by atoms with E-state index in [-0.39, 0.29) is 0 Å². The lowest BCUT2D eigenvalue weighted by Gasteiger charge is -2.05. The molecule has 0 atom stereocenters. The molecular formula is C10H11BrOS. The highest BCUT2D eigenvalue weighted by Crippen LogP contribution is 2.24. The van der Waals surface area contributed by atoms with Crippen molar-refractivity contribution in [3.05, 3.63) is 28.2 Å². The number of hydrogen-bond acceptors (Lipinski definition) is 2. The monoisotopic (exact) mass is 258 g/mol. The van der Waals surface area contributed by atoms with Gasteiger partial charge in [0.1, 0.15) is 6.29 Å². The molecule has 0 fully saturated rings. The maximum absolute atomic E-state index is 10.2. The van der Waals surface area contributed by atoms with E-state index in [1.165, 1.54) is 10.5 Å². The molecule has 0 aliphatic heterocycles. The van der Waals surface area contributed by atoms with Gasteiger partial charge in [0.15, 0.2) is 0 Å². The number of aryl methyl sites for hydroxylation is 1. The van der Waals surface area contributed by atoms with Gasteiger partial charge in [-0.05, 0) is 36.4 Å². The van der Waals surface area contributed by atoms with Crippen molar-refractivity contribution in [2.45, 2.75) is 17.7 Å². The van der Waals surface area contributed by atoms with Gasteiger partial charge in [0, 0.05) is 15.8 Å². The molecule has 0 spiro atoms. The second kappa shape index (κ2) is 5.45. The van der Waals surface area contributed by atoms with Gasteiger partial charge in [-0.2, -0.15) is 0 Å².